The number of halogens is 2. The summed E-state index contributed by atoms with van der Waals surface area (Å²) in [6.07, 6.45) is 8.70. The van der Waals surface area contributed by atoms with Crippen molar-refractivity contribution in [1.29, 1.82) is 0 Å². The van der Waals surface area contributed by atoms with Crippen LogP contribution in [0.1, 0.15) is 52.4 Å². The lowest BCUT2D eigenvalue weighted by Crippen LogP contribution is -2.36. The molecule has 0 aromatic heterocycles. The third kappa shape index (κ3) is 5.08. The average Bonchev–Trinajstić information content (AvgIpc) is 2.89. The molecule has 0 amide bonds. The monoisotopic (exact) mass is 451 g/mol. The van der Waals surface area contributed by atoms with E-state index in [2.05, 4.69) is 18.7 Å². The van der Waals surface area contributed by atoms with E-state index in [1.807, 2.05) is 18.4 Å². The van der Waals surface area contributed by atoms with Gasteiger partial charge in [-0.2, -0.15) is 0 Å². The van der Waals surface area contributed by atoms with Gasteiger partial charge in [-0.1, -0.05) is 39.5 Å². The van der Waals surface area contributed by atoms with Crippen LogP contribution in [0.25, 0.3) is 0 Å². The highest BCUT2D eigenvalue weighted by atomic mass is 32.2. The number of benzene rings is 2. The third-order valence-electron chi connectivity index (χ3n) is 5.91. The molecule has 1 aliphatic heterocycles. The van der Waals surface area contributed by atoms with Gasteiger partial charge in [0.25, 0.3) is 0 Å². The summed E-state index contributed by atoms with van der Waals surface area (Å²) >= 11 is 3.26. The molecule has 0 saturated heterocycles. The molecule has 0 unspecified atom stereocenters. The Balaban J connectivity index is 2.12. The normalized spacial score (nSPS) is 15.7. The summed E-state index contributed by atoms with van der Waals surface area (Å²) < 4.78 is 27.8. The van der Waals surface area contributed by atoms with Crippen LogP contribution >= 0.6 is 23.5 Å². The minimum atomic E-state index is -0.832. The second kappa shape index (κ2) is 10.3. The third-order valence-corrected chi connectivity index (χ3v) is 8.08. The Morgan fingerprint density at radius 2 is 1.77 bits per heavy atom. The predicted molar refractivity (Wildman–Crippen MR) is 125 cm³/mol. The minimum absolute atomic E-state index is 0.0791. The fourth-order valence-corrected chi connectivity index (χ4v) is 5.99. The van der Waals surface area contributed by atoms with Crippen molar-refractivity contribution in [1.82, 2.24) is 0 Å². The van der Waals surface area contributed by atoms with Crippen molar-refractivity contribution in [3.8, 4) is 5.75 Å². The van der Waals surface area contributed by atoms with Gasteiger partial charge in [-0.3, -0.25) is 0 Å². The molecule has 0 aliphatic carbocycles. The van der Waals surface area contributed by atoms with Crippen molar-refractivity contribution in [3.05, 3.63) is 42.0 Å². The summed E-state index contributed by atoms with van der Waals surface area (Å²) in [6, 6.07) is 7.98. The summed E-state index contributed by atoms with van der Waals surface area (Å²) in [4.78, 5) is 3.92. The van der Waals surface area contributed by atoms with E-state index in [1.165, 1.54) is 23.9 Å². The fraction of sp³-hybridized carbons (Fsp3) is 0.500. The molecule has 2 nitrogen and oxygen atoms in total. The lowest BCUT2D eigenvalue weighted by atomic mass is 9.79. The van der Waals surface area contributed by atoms with Gasteiger partial charge in [0.1, 0.15) is 5.75 Å². The lowest BCUT2D eigenvalue weighted by Gasteiger charge is -2.37. The fourth-order valence-electron chi connectivity index (χ4n) is 4.14. The van der Waals surface area contributed by atoms with Crippen molar-refractivity contribution in [2.75, 3.05) is 23.5 Å². The number of rotatable bonds is 8. The highest BCUT2D eigenvalue weighted by molar-refractivity contribution is 7.99. The van der Waals surface area contributed by atoms with Crippen LogP contribution in [0.4, 0.5) is 20.2 Å². The van der Waals surface area contributed by atoms with Gasteiger partial charge in [0, 0.05) is 28.9 Å². The van der Waals surface area contributed by atoms with Crippen LogP contribution in [0.2, 0.25) is 0 Å². The van der Waals surface area contributed by atoms with Crippen LogP contribution in [0.3, 0.4) is 0 Å². The SMILES string of the molecule is CCCCC1(CCCC)CSc2cc(O)c(SC)cc2N(c2ccc(F)c(F)c2)C1. The van der Waals surface area contributed by atoms with E-state index in [0.29, 0.717) is 5.69 Å². The molecule has 164 valence electrons. The topological polar surface area (TPSA) is 23.5 Å². The van der Waals surface area contributed by atoms with Gasteiger partial charge in [-0.25, -0.2) is 8.78 Å². The molecule has 0 radical (unpaired) electrons. The second-order valence-electron chi connectivity index (χ2n) is 8.17. The van der Waals surface area contributed by atoms with E-state index in [-0.39, 0.29) is 11.2 Å². The zero-order chi connectivity index (χ0) is 21.7. The van der Waals surface area contributed by atoms with Gasteiger partial charge in [0.15, 0.2) is 11.6 Å². The van der Waals surface area contributed by atoms with E-state index in [0.717, 1.165) is 66.3 Å². The largest absolute Gasteiger partial charge is 0.507 e. The molecule has 0 fully saturated rings. The first-order valence-corrected chi connectivity index (χ1v) is 12.9. The van der Waals surface area contributed by atoms with Crippen molar-refractivity contribution < 1.29 is 13.9 Å². The molecule has 6 heteroatoms. The number of anilines is 2. The van der Waals surface area contributed by atoms with Gasteiger partial charge in [0.05, 0.1) is 10.6 Å². The van der Waals surface area contributed by atoms with E-state index in [1.54, 1.807) is 17.8 Å². The number of hydrogen-bond acceptors (Lipinski definition) is 4. The Morgan fingerprint density at radius 3 is 2.37 bits per heavy atom. The van der Waals surface area contributed by atoms with Gasteiger partial charge in [-0.05, 0) is 48.8 Å². The highest BCUT2D eigenvalue weighted by Crippen LogP contribution is 2.49. The zero-order valence-corrected chi connectivity index (χ0v) is 19.6. The number of aromatic hydroxyl groups is 1. The number of nitrogens with zero attached hydrogens (tertiary/aromatic N) is 1. The summed E-state index contributed by atoms with van der Waals surface area (Å²) in [6.45, 7) is 5.18. The molecule has 30 heavy (non-hydrogen) atoms. The first-order chi connectivity index (χ1) is 14.4. The molecule has 2 aromatic rings. The van der Waals surface area contributed by atoms with E-state index < -0.39 is 11.6 Å². The van der Waals surface area contributed by atoms with Gasteiger partial charge in [-0.15, -0.1) is 23.5 Å². The maximum absolute atomic E-state index is 14.2. The maximum atomic E-state index is 14.2. The van der Waals surface area contributed by atoms with E-state index >= 15 is 0 Å². The number of thioether (sulfide) groups is 2. The van der Waals surface area contributed by atoms with Gasteiger partial charge in [0.2, 0.25) is 0 Å². The van der Waals surface area contributed by atoms with Crippen molar-refractivity contribution in [3.63, 3.8) is 0 Å². The number of phenols is 1. The molecule has 1 heterocycles. The Kier molecular flexibility index (Phi) is 7.97. The van der Waals surface area contributed by atoms with Crippen LogP contribution in [0.15, 0.2) is 40.1 Å². The predicted octanol–water partition coefficient (Wildman–Crippen LogP) is 8.00. The molecular weight excluding hydrogens is 420 g/mol. The maximum Gasteiger partial charge on any atom is 0.160 e. The number of hydrogen-bond donors (Lipinski definition) is 1. The van der Waals surface area contributed by atoms with Gasteiger partial charge < -0.3 is 10.0 Å². The van der Waals surface area contributed by atoms with E-state index in [9.17, 15) is 13.9 Å². The van der Waals surface area contributed by atoms with Crippen LogP contribution < -0.4 is 4.90 Å². The molecule has 3 rings (SSSR count). The molecule has 1 N–H and O–H groups in total. The molecule has 2 aromatic carbocycles. The summed E-state index contributed by atoms with van der Waals surface area (Å²) in [5.41, 5.74) is 1.70. The van der Waals surface area contributed by atoms with Crippen molar-refractivity contribution in [2.45, 2.75) is 62.2 Å². The van der Waals surface area contributed by atoms with Crippen LogP contribution in [-0.2, 0) is 0 Å². The van der Waals surface area contributed by atoms with Crippen molar-refractivity contribution in [2.24, 2.45) is 5.41 Å². The molecule has 0 saturated carbocycles. The van der Waals surface area contributed by atoms with E-state index in [4.69, 9.17) is 0 Å². The first-order valence-electron chi connectivity index (χ1n) is 10.7. The second-order valence-corrected chi connectivity index (χ2v) is 10.0. The van der Waals surface area contributed by atoms with Gasteiger partial charge >= 0.3 is 0 Å². The van der Waals surface area contributed by atoms with Crippen molar-refractivity contribution >= 4 is 34.9 Å². The smallest absolute Gasteiger partial charge is 0.160 e. The number of phenolic OH excluding ortho intramolecular Hbond substituents is 1. The Hall–Kier alpha value is -1.40. The molecular formula is C24H31F2NOS2. The summed E-state index contributed by atoms with van der Waals surface area (Å²) in [5.74, 6) is -0.434. The first kappa shape index (κ1) is 23.3. The van der Waals surface area contributed by atoms with Crippen LogP contribution in [0, 0.1) is 17.0 Å². The Morgan fingerprint density at radius 1 is 1.07 bits per heavy atom. The lowest BCUT2D eigenvalue weighted by molar-refractivity contribution is 0.274. The molecule has 0 atom stereocenters. The average molecular weight is 452 g/mol. The Bertz CT molecular complexity index is 867. The minimum Gasteiger partial charge on any atom is -0.507 e. The summed E-state index contributed by atoms with van der Waals surface area (Å²) in [5, 5.41) is 10.4. The van der Waals surface area contributed by atoms with Crippen LogP contribution in [-0.4, -0.2) is 23.7 Å². The van der Waals surface area contributed by atoms with Crippen LogP contribution in [0.5, 0.6) is 5.75 Å². The zero-order valence-electron chi connectivity index (χ0n) is 18.0. The molecule has 0 bridgehead atoms. The standard InChI is InChI=1S/C24H31F2NOS2/c1-4-6-10-24(11-7-5-2)15-27(17-8-9-18(25)19(26)12-17)20-13-23(29-3)21(28)14-22(20)30-16-24/h8-9,12-14,28H,4-7,10-11,15-16H2,1-3H3. The highest BCUT2D eigenvalue weighted by Gasteiger charge is 2.36. The quantitative estimate of drug-likeness (QED) is 0.411. The Labute approximate surface area is 187 Å². The molecule has 1 aliphatic rings. The number of unbranched alkanes of at least 4 members (excludes halogenated alkanes) is 2. The molecule has 0 spiro atoms. The summed E-state index contributed by atoms with van der Waals surface area (Å²) in [7, 11) is 0. The number of fused-ring (bicyclic) bond motifs is 1.